The Morgan fingerprint density at radius 2 is 1.71 bits per heavy atom. The van der Waals surface area contributed by atoms with E-state index in [1.807, 2.05) is 24.3 Å². The Kier molecular flexibility index (Phi) is 7.37. The Bertz CT molecular complexity index is 1230. The Morgan fingerprint density at radius 1 is 1.03 bits per heavy atom. The van der Waals surface area contributed by atoms with Crippen LogP contribution in [0.15, 0.2) is 64.9 Å². The van der Waals surface area contributed by atoms with Crippen LogP contribution in [0.4, 0.5) is 5.69 Å². The molecule has 1 saturated carbocycles. The van der Waals surface area contributed by atoms with Crippen LogP contribution in [0.5, 0.6) is 5.75 Å². The SMILES string of the molecule is COc1ccc(CNS(=O)(=O)c2cc(N[C@@H]3[C@@H]4CC[C@H]3CN(Cc3ccccc3)C4)c(Cl)s2)cc1. The minimum atomic E-state index is -3.67. The fourth-order valence-electron chi connectivity index (χ4n) is 5.28. The van der Waals surface area contributed by atoms with Crippen molar-refractivity contribution in [2.45, 2.75) is 36.2 Å². The zero-order chi connectivity index (χ0) is 24.4. The van der Waals surface area contributed by atoms with E-state index in [-0.39, 0.29) is 10.8 Å². The van der Waals surface area contributed by atoms with Gasteiger partial charge in [-0.05, 0) is 54.0 Å². The quantitative estimate of drug-likeness (QED) is 0.396. The molecule has 2 heterocycles. The Balaban J connectivity index is 1.21. The summed E-state index contributed by atoms with van der Waals surface area (Å²) in [6, 6.07) is 19.9. The topological polar surface area (TPSA) is 70.7 Å². The first-order valence-corrected chi connectivity index (χ1v) is 14.5. The van der Waals surface area contributed by atoms with Gasteiger partial charge >= 0.3 is 0 Å². The van der Waals surface area contributed by atoms with Crippen LogP contribution in [-0.2, 0) is 23.1 Å². The predicted octanol–water partition coefficient (Wildman–Crippen LogP) is 5.21. The molecule has 2 N–H and O–H groups in total. The third kappa shape index (κ3) is 5.67. The van der Waals surface area contributed by atoms with Crippen molar-refractivity contribution >= 4 is 38.6 Å². The highest BCUT2D eigenvalue weighted by molar-refractivity contribution is 7.91. The number of nitrogens with zero attached hydrogens (tertiary/aromatic N) is 1. The highest BCUT2D eigenvalue weighted by Crippen LogP contribution is 2.42. The van der Waals surface area contributed by atoms with Gasteiger partial charge in [-0.3, -0.25) is 4.90 Å². The van der Waals surface area contributed by atoms with Crippen LogP contribution in [0.1, 0.15) is 24.0 Å². The molecule has 5 rings (SSSR count). The first-order valence-electron chi connectivity index (χ1n) is 11.9. The molecule has 1 aromatic heterocycles. The van der Waals surface area contributed by atoms with Gasteiger partial charge in [-0.25, -0.2) is 13.1 Å². The second-order valence-corrected chi connectivity index (χ2v) is 13.0. The molecule has 3 aromatic rings. The summed E-state index contributed by atoms with van der Waals surface area (Å²) in [5, 5.41) is 3.62. The van der Waals surface area contributed by atoms with Gasteiger partial charge in [0.2, 0.25) is 10.0 Å². The van der Waals surface area contributed by atoms with Crippen molar-refractivity contribution in [1.29, 1.82) is 0 Å². The van der Waals surface area contributed by atoms with Crippen LogP contribution in [0.25, 0.3) is 0 Å². The van der Waals surface area contributed by atoms with Crippen molar-refractivity contribution in [3.63, 3.8) is 0 Å². The number of thiophene rings is 1. The lowest BCUT2D eigenvalue weighted by molar-refractivity contribution is 0.148. The number of ether oxygens (including phenoxy) is 1. The predicted molar refractivity (Wildman–Crippen MR) is 142 cm³/mol. The van der Waals surface area contributed by atoms with Gasteiger partial charge in [0.05, 0.1) is 12.8 Å². The Morgan fingerprint density at radius 3 is 2.37 bits per heavy atom. The van der Waals surface area contributed by atoms with E-state index in [1.54, 1.807) is 13.2 Å². The molecule has 6 nitrogen and oxygen atoms in total. The first kappa shape index (κ1) is 24.6. The maximum absolute atomic E-state index is 12.9. The fourth-order valence-corrected chi connectivity index (χ4v) is 7.99. The number of sulfonamides is 1. The van der Waals surface area contributed by atoms with Gasteiger partial charge in [-0.2, -0.15) is 0 Å². The van der Waals surface area contributed by atoms with E-state index in [9.17, 15) is 8.42 Å². The monoisotopic (exact) mass is 531 g/mol. The van der Waals surface area contributed by atoms with E-state index in [2.05, 4.69) is 45.3 Å². The average Bonchev–Trinajstić information content (AvgIpc) is 3.35. The van der Waals surface area contributed by atoms with Gasteiger partial charge in [-0.1, -0.05) is 54.1 Å². The molecule has 0 spiro atoms. The molecule has 1 saturated heterocycles. The highest BCUT2D eigenvalue weighted by Gasteiger charge is 2.42. The molecular weight excluding hydrogens is 502 g/mol. The molecule has 1 aliphatic heterocycles. The van der Waals surface area contributed by atoms with Crippen LogP contribution in [-0.4, -0.2) is 39.6 Å². The molecule has 3 atom stereocenters. The highest BCUT2D eigenvalue weighted by atomic mass is 35.5. The summed E-state index contributed by atoms with van der Waals surface area (Å²) in [7, 11) is -2.07. The number of benzene rings is 2. The van der Waals surface area contributed by atoms with Crippen LogP contribution in [0.2, 0.25) is 4.34 Å². The summed E-state index contributed by atoms with van der Waals surface area (Å²) in [6.45, 7) is 3.26. The van der Waals surface area contributed by atoms with Crippen LogP contribution in [0.3, 0.4) is 0 Å². The average molecular weight is 532 g/mol. The van der Waals surface area contributed by atoms with E-state index in [4.69, 9.17) is 16.3 Å². The maximum atomic E-state index is 12.9. The van der Waals surface area contributed by atoms with E-state index >= 15 is 0 Å². The fraction of sp³-hybridized carbons (Fsp3) is 0.385. The molecule has 2 aliphatic rings. The molecule has 186 valence electrons. The molecule has 35 heavy (non-hydrogen) atoms. The lowest BCUT2D eigenvalue weighted by Gasteiger charge is -2.38. The van der Waals surface area contributed by atoms with Gasteiger partial charge in [0.25, 0.3) is 0 Å². The summed E-state index contributed by atoms with van der Waals surface area (Å²) in [5.74, 6) is 1.79. The smallest absolute Gasteiger partial charge is 0.250 e. The summed E-state index contributed by atoms with van der Waals surface area (Å²) in [4.78, 5) is 2.55. The standard InChI is InChI=1S/C26H30ClN3O3S2/c1-33-22-11-7-18(8-12-22)14-28-35(31,32)24-13-23(26(27)34-24)29-25-20-9-10-21(25)17-30(16-20)15-19-5-3-2-4-6-19/h2-8,11-13,20-21,25,28-29H,9-10,14-17H2,1H3/t20-,21+,25-. The number of rotatable bonds is 9. The number of hydrogen-bond donors (Lipinski definition) is 2. The number of nitrogens with one attached hydrogen (secondary N) is 2. The number of anilines is 1. The second kappa shape index (κ2) is 10.5. The molecule has 0 amide bonds. The summed E-state index contributed by atoms with van der Waals surface area (Å²) in [5.41, 5.74) is 2.92. The van der Waals surface area contributed by atoms with E-state index in [1.165, 1.54) is 18.4 Å². The molecule has 9 heteroatoms. The lowest BCUT2D eigenvalue weighted by Crippen LogP contribution is -2.47. The number of methoxy groups -OCH3 is 1. The molecule has 2 fully saturated rings. The van der Waals surface area contributed by atoms with Crippen molar-refractivity contribution in [3.8, 4) is 5.75 Å². The summed E-state index contributed by atoms with van der Waals surface area (Å²) >= 11 is 7.61. The number of hydrogen-bond acceptors (Lipinski definition) is 6. The third-order valence-corrected chi connectivity index (χ3v) is 10.3. The minimum absolute atomic E-state index is 0.203. The summed E-state index contributed by atoms with van der Waals surface area (Å²) in [6.07, 6.45) is 2.37. The largest absolute Gasteiger partial charge is 0.497 e. The summed E-state index contributed by atoms with van der Waals surface area (Å²) < 4.78 is 34.4. The van der Waals surface area contributed by atoms with Gasteiger partial charge in [0, 0.05) is 32.2 Å². The number of halogens is 1. The van der Waals surface area contributed by atoms with Crippen LogP contribution < -0.4 is 14.8 Å². The van der Waals surface area contributed by atoms with Gasteiger partial charge in [-0.15, -0.1) is 11.3 Å². The minimum Gasteiger partial charge on any atom is -0.497 e. The van der Waals surface area contributed by atoms with Crippen molar-refractivity contribution in [3.05, 3.63) is 76.1 Å². The van der Waals surface area contributed by atoms with E-state index < -0.39 is 10.0 Å². The maximum Gasteiger partial charge on any atom is 0.250 e. The number of piperidine rings is 1. The van der Waals surface area contributed by atoms with Crippen molar-refractivity contribution < 1.29 is 13.2 Å². The van der Waals surface area contributed by atoms with E-state index in [0.717, 1.165) is 48.0 Å². The van der Waals surface area contributed by atoms with Crippen molar-refractivity contribution in [2.75, 3.05) is 25.5 Å². The molecule has 2 bridgehead atoms. The lowest BCUT2D eigenvalue weighted by atomic mass is 9.91. The van der Waals surface area contributed by atoms with Crippen molar-refractivity contribution in [1.82, 2.24) is 9.62 Å². The third-order valence-electron chi connectivity index (χ3n) is 7.03. The van der Waals surface area contributed by atoms with Crippen LogP contribution in [0, 0.1) is 11.8 Å². The zero-order valence-corrected chi connectivity index (χ0v) is 22.0. The normalized spacial score (nSPS) is 22.3. The Labute approximate surface area is 216 Å². The zero-order valence-electron chi connectivity index (χ0n) is 19.6. The molecule has 2 aromatic carbocycles. The first-order chi connectivity index (χ1) is 16.9. The second-order valence-electron chi connectivity index (χ2n) is 9.37. The van der Waals surface area contributed by atoms with Crippen molar-refractivity contribution in [2.24, 2.45) is 11.8 Å². The molecule has 0 radical (unpaired) electrons. The molecular formula is C26H30ClN3O3S2. The number of fused-ring (bicyclic) bond motifs is 2. The van der Waals surface area contributed by atoms with Crippen LogP contribution >= 0.6 is 22.9 Å². The van der Waals surface area contributed by atoms with E-state index in [0.29, 0.717) is 22.2 Å². The van der Waals surface area contributed by atoms with Gasteiger partial charge < -0.3 is 10.1 Å². The molecule has 0 unspecified atom stereocenters. The van der Waals surface area contributed by atoms with Gasteiger partial charge in [0.1, 0.15) is 14.3 Å². The molecule has 1 aliphatic carbocycles. The number of likely N-dealkylation sites (tertiary alicyclic amines) is 1. The van der Waals surface area contributed by atoms with Gasteiger partial charge in [0.15, 0.2) is 0 Å². The Hall–Kier alpha value is -2.10.